The van der Waals surface area contributed by atoms with Crippen LogP contribution in [-0.4, -0.2) is 21.8 Å². The number of nitrogens with one attached hydrogen (secondary N) is 1. The van der Waals surface area contributed by atoms with Crippen LogP contribution in [0, 0.1) is 0 Å². The zero-order chi connectivity index (χ0) is 21.6. The molecule has 7 heteroatoms. The van der Waals surface area contributed by atoms with Crippen molar-refractivity contribution >= 4 is 11.6 Å². The normalized spacial score (nSPS) is 12.8. The number of hydrogen-bond acceptors (Lipinski definition) is 2. The second-order valence-electron chi connectivity index (χ2n) is 7.40. The first-order chi connectivity index (χ1) is 14.4. The molecule has 3 rings (SSSR count). The Kier molecular flexibility index (Phi) is 7.13. The third-order valence-corrected chi connectivity index (χ3v) is 5.16. The topological polar surface area (TPSA) is 46.4 Å². The average molecular weight is 417 g/mol. The number of imidazole rings is 1. The molecule has 0 saturated heterocycles. The van der Waals surface area contributed by atoms with Crippen LogP contribution in [0.1, 0.15) is 61.8 Å². The lowest BCUT2D eigenvalue weighted by Gasteiger charge is -2.19. The molecule has 0 aliphatic heterocycles. The number of alkyl halides is 3. The van der Waals surface area contributed by atoms with Gasteiger partial charge in [0.15, 0.2) is 0 Å². The monoisotopic (exact) mass is 417 g/mol. The molecule has 0 aliphatic rings. The van der Waals surface area contributed by atoms with Crippen molar-refractivity contribution in [1.29, 1.82) is 0 Å². The number of rotatable bonds is 9. The van der Waals surface area contributed by atoms with Gasteiger partial charge < -0.3 is 9.72 Å². The quantitative estimate of drug-likeness (QED) is 0.463. The largest absolute Gasteiger partial charge is 0.416 e. The first-order valence-corrected chi connectivity index (χ1v) is 10.3. The minimum absolute atomic E-state index is 0.0533. The van der Waals surface area contributed by atoms with Gasteiger partial charge in [0.25, 0.3) is 0 Å². The van der Waals surface area contributed by atoms with E-state index < -0.39 is 17.7 Å². The molecule has 2 heterocycles. The molecule has 160 valence electrons. The Morgan fingerprint density at radius 3 is 2.73 bits per heavy atom. The third kappa shape index (κ3) is 5.40. The molecule has 0 fully saturated rings. The highest BCUT2D eigenvalue weighted by atomic mass is 19.4. The van der Waals surface area contributed by atoms with Crippen molar-refractivity contribution in [1.82, 2.24) is 14.7 Å². The summed E-state index contributed by atoms with van der Waals surface area (Å²) in [5.74, 6) is -0.722. The van der Waals surface area contributed by atoms with E-state index in [9.17, 15) is 18.0 Å². The number of unbranched alkanes of at least 4 members (excludes halogenated alkanes) is 3. The van der Waals surface area contributed by atoms with E-state index in [1.807, 2.05) is 22.6 Å². The number of fused-ring (bicyclic) bond motifs is 1. The van der Waals surface area contributed by atoms with E-state index in [1.54, 1.807) is 18.5 Å². The molecule has 3 aromatic rings. The Morgan fingerprint density at radius 1 is 1.13 bits per heavy atom. The molecule has 1 aromatic carbocycles. The predicted molar refractivity (Wildman–Crippen MR) is 110 cm³/mol. The third-order valence-electron chi connectivity index (χ3n) is 5.16. The summed E-state index contributed by atoms with van der Waals surface area (Å²) in [4.78, 5) is 17.0. The van der Waals surface area contributed by atoms with E-state index in [-0.39, 0.29) is 12.3 Å². The zero-order valence-electron chi connectivity index (χ0n) is 17.0. The Balaban J connectivity index is 1.87. The summed E-state index contributed by atoms with van der Waals surface area (Å²) < 4.78 is 41.6. The fourth-order valence-corrected chi connectivity index (χ4v) is 3.57. The van der Waals surface area contributed by atoms with Crippen LogP contribution >= 0.6 is 0 Å². The van der Waals surface area contributed by atoms with Crippen molar-refractivity contribution in [3.63, 3.8) is 0 Å². The summed E-state index contributed by atoms with van der Waals surface area (Å²) in [6.45, 7) is 2.69. The number of halogens is 3. The van der Waals surface area contributed by atoms with Crippen LogP contribution in [0.3, 0.4) is 0 Å². The van der Waals surface area contributed by atoms with Gasteiger partial charge in [-0.3, -0.25) is 4.79 Å². The number of pyridine rings is 1. The van der Waals surface area contributed by atoms with Crippen LogP contribution in [-0.2, 0) is 11.0 Å². The Hall–Kier alpha value is -2.83. The fourth-order valence-electron chi connectivity index (χ4n) is 3.57. The summed E-state index contributed by atoms with van der Waals surface area (Å²) >= 11 is 0. The average Bonchev–Trinajstić information content (AvgIpc) is 3.15. The molecule has 2 aromatic heterocycles. The van der Waals surface area contributed by atoms with Crippen molar-refractivity contribution in [2.45, 2.75) is 51.1 Å². The summed E-state index contributed by atoms with van der Waals surface area (Å²) in [5.41, 5.74) is 1.09. The zero-order valence-corrected chi connectivity index (χ0v) is 17.0. The van der Waals surface area contributed by atoms with E-state index in [2.05, 4.69) is 17.2 Å². The maximum Gasteiger partial charge on any atom is 0.416 e. The smallest absolute Gasteiger partial charge is 0.356 e. The maximum atomic E-state index is 13.3. The molecule has 0 spiro atoms. The van der Waals surface area contributed by atoms with Gasteiger partial charge in [-0.05, 0) is 30.2 Å². The SMILES string of the molecule is CCCCCCNC(=O)CC(c1cccc(C(F)(F)F)c1)c1cnc2ccccn12. The first kappa shape index (κ1) is 21.9. The molecule has 1 unspecified atom stereocenters. The number of carbonyl (C=O) groups excluding carboxylic acids is 1. The summed E-state index contributed by atoms with van der Waals surface area (Å²) in [6, 6.07) is 10.7. The highest BCUT2D eigenvalue weighted by Gasteiger charge is 2.32. The van der Waals surface area contributed by atoms with E-state index in [1.165, 1.54) is 6.07 Å². The molecule has 1 amide bonds. The number of amides is 1. The van der Waals surface area contributed by atoms with Gasteiger partial charge >= 0.3 is 6.18 Å². The molecular formula is C23H26F3N3O. The van der Waals surface area contributed by atoms with Crippen molar-refractivity contribution in [2.75, 3.05) is 6.54 Å². The van der Waals surface area contributed by atoms with Crippen molar-refractivity contribution in [3.8, 4) is 0 Å². The van der Waals surface area contributed by atoms with Crippen LogP contribution in [0.15, 0.2) is 54.9 Å². The molecule has 0 aliphatic carbocycles. The van der Waals surface area contributed by atoms with E-state index in [4.69, 9.17) is 0 Å². The maximum absolute atomic E-state index is 13.3. The molecular weight excluding hydrogens is 391 g/mol. The standard InChI is InChI=1S/C23H26F3N3O/c1-2-3-4-6-12-27-22(30)15-19(17-9-8-10-18(14-17)23(24,25)26)20-16-28-21-11-5-7-13-29(20)21/h5,7-11,13-14,16,19H,2-4,6,12,15H2,1H3,(H,27,30). The fraction of sp³-hybridized carbons (Fsp3) is 0.391. The number of benzene rings is 1. The predicted octanol–water partition coefficient (Wildman–Crippen LogP) is 5.57. The van der Waals surface area contributed by atoms with Gasteiger partial charge in [0.2, 0.25) is 5.91 Å². The minimum atomic E-state index is -4.44. The lowest BCUT2D eigenvalue weighted by molar-refractivity contribution is -0.137. The van der Waals surface area contributed by atoms with Gasteiger partial charge in [-0.25, -0.2) is 4.98 Å². The lowest BCUT2D eigenvalue weighted by Crippen LogP contribution is -2.26. The summed E-state index contributed by atoms with van der Waals surface area (Å²) in [7, 11) is 0. The van der Waals surface area contributed by atoms with Crippen molar-refractivity contribution < 1.29 is 18.0 Å². The number of hydrogen-bond donors (Lipinski definition) is 1. The molecule has 0 saturated carbocycles. The molecule has 0 bridgehead atoms. The van der Waals surface area contributed by atoms with Crippen LogP contribution in [0.4, 0.5) is 13.2 Å². The van der Waals surface area contributed by atoms with E-state index in [0.29, 0.717) is 23.4 Å². The number of carbonyl (C=O) groups is 1. The van der Waals surface area contributed by atoms with Gasteiger partial charge in [0.05, 0.1) is 11.3 Å². The van der Waals surface area contributed by atoms with E-state index in [0.717, 1.165) is 37.8 Å². The first-order valence-electron chi connectivity index (χ1n) is 10.3. The summed E-state index contributed by atoms with van der Waals surface area (Å²) in [5, 5.41) is 2.91. The van der Waals surface area contributed by atoms with Gasteiger partial charge in [-0.15, -0.1) is 0 Å². The van der Waals surface area contributed by atoms with Crippen LogP contribution in [0.25, 0.3) is 5.65 Å². The Labute approximate surface area is 174 Å². The minimum Gasteiger partial charge on any atom is -0.356 e. The molecule has 0 radical (unpaired) electrons. The highest BCUT2D eigenvalue weighted by molar-refractivity contribution is 5.77. The van der Waals surface area contributed by atoms with Gasteiger partial charge in [0, 0.05) is 31.3 Å². The molecule has 4 nitrogen and oxygen atoms in total. The molecule has 1 N–H and O–H groups in total. The molecule has 30 heavy (non-hydrogen) atoms. The van der Waals surface area contributed by atoms with Crippen LogP contribution in [0.2, 0.25) is 0 Å². The summed E-state index contributed by atoms with van der Waals surface area (Å²) in [6.07, 6.45) is 3.21. The second-order valence-corrected chi connectivity index (χ2v) is 7.40. The van der Waals surface area contributed by atoms with Crippen LogP contribution in [0.5, 0.6) is 0 Å². The Morgan fingerprint density at radius 2 is 1.97 bits per heavy atom. The number of nitrogens with zero attached hydrogens (tertiary/aromatic N) is 2. The molecule has 1 atom stereocenters. The van der Waals surface area contributed by atoms with Gasteiger partial charge in [-0.1, -0.05) is 50.5 Å². The number of aromatic nitrogens is 2. The van der Waals surface area contributed by atoms with Crippen molar-refractivity contribution in [3.05, 3.63) is 71.7 Å². The van der Waals surface area contributed by atoms with Crippen LogP contribution < -0.4 is 5.32 Å². The van der Waals surface area contributed by atoms with Gasteiger partial charge in [0.1, 0.15) is 5.65 Å². The highest BCUT2D eigenvalue weighted by Crippen LogP contribution is 2.34. The van der Waals surface area contributed by atoms with Gasteiger partial charge in [-0.2, -0.15) is 13.2 Å². The van der Waals surface area contributed by atoms with Crippen molar-refractivity contribution in [2.24, 2.45) is 0 Å². The second kappa shape index (κ2) is 9.78. The van der Waals surface area contributed by atoms with E-state index >= 15 is 0 Å². The Bertz CT molecular complexity index is 981. The lowest BCUT2D eigenvalue weighted by atomic mass is 9.91.